The van der Waals surface area contributed by atoms with Gasteiger partial charge in [0, 0.05) is 23.2 Å². The Balaban J connectivity index is 2.30. The van der Waals surface area contributed by atoms with Crippen LogP contribution in [0, 0.1) is 10.1 Å². The molecule has 0 amide bonds. The highest BCUT2D eigenvalue weighted by molar-refractivity contribution is 8.00. The van der Waals surface area contributed by atoms with Gasteiger partial charge in [-0.2, -0.15) is 11.8 Å². The SMILES string of the molecule is CC(C)(C)SCCNc1nc2ccccn2c(=O)c1[N+](=O)[O-]. The summed E-state index contributed by atoms with van der Waals surface area (Å²) in [6, 6.07) is 5.00. The van der Waals surface area contributed by atoms with Gasteiger partial charge in [-0.1, -0.05) is 26.8 Å². The van der Waals surface area contributed by atoms with Crippen molar-refractivity contribution in [2.24, 2.45) is 0 Å². The molecule has 22 heavy (non-hydrogen) atoms. The van der Waals surface area contributed by atoms with Gasteiger partial charge in [-0.15, -0.1) is 0 Å². The minimum absolute atomic E-state index is 0.0238. The fraction of sp³-hybridized carbons (Fsp3) is 0.429. The van der Waals surface area contributed by atoms with E-state index in [0.29, 0.717) is 12.2 Å². The zero-order chi connectivity index (χ0) is 16.3. The normalized spacial score (nSPS) is 11.6. The van der Waals surface area contributed by atoms with Crippen LogP contribution in [0.15, 0.2) is 29.2 Å². The monoisotopic (exact) mass is 322 g/mol. The first-order chi connectivity index (χ1) is 10.3. The summed E-state index contributed by atoms with van der Waals surface area (Å²) in [5.41, 5.74) is -0.824. The summed E-state index contributed by atoms with van der Waals surface area (Å²) >= 11 is 1.73. The number of nitro groups is 1. The van der Waals surface area contributed by atoms with Gasteiger partial charge in [-0.25, -0.2) is 4.98 Å². The van der Waals surface area contributed by atoms with E-state index in [0.717, 1.165) is 5.75 Å². The van der Waals surface area contributed by atoms with Crippen LogP contribution >= 0.6 is 11.8 Å². The van der Waals surface area contributed by atoms with Crippen molar-refractivity contribution in [3.8, 4) is 0 Å². The van der Waals surface area contributed by atoms with Gasteiger partial charge >= 0.3 is 11.2 Å². The second-order valence-corrected chi connectivity index (χ2v) is 7.61. The van der Waals surface area contributed by atoms with Gasteiger partial charge in [-0.05, 0) is 12.1 Å². The van der Waals surface area contributed by atoms with Crippen LogP contribution in [0.25, 0.3) is 5.65 Å². The fourth-order valence-corrected chi connectivity index (χ4v) is 2.71. The number of hydrogen-bond donors (Lipinski definition) is 1. The minimum atomic E-state index is -0.687. The molecule has 2 aromatic rings. The first kappa shape index (κ1) is 16.3. The number of aromatic nitrogens is 2. The first-order valence-electron chi connectivity index (χ1n) is 6.83. The standard InChI is InChI=1S/C14H18N4O3S/c1-14(2,3)22-9-7-15-12-11(18(20)21)13(19)17-8-5-4-6-10(17)16-12/h4-6,8,15H,7,9H2,1-3H3. The van der Waals surface area contributed by atoms with Crippen LogP contribution in [0.3, 0.4) is 0 Å². The predicted molar refractivity (Wildman–Crippen MR) is 88.8 cm³/mol. The molecule has 0 spiro atoms. The number of anilines is 1. The molecule has 2 heterocycles. The maximum atomic E-state index is 12.2. The van der Waals surface area contributed by atoms with Gasteiger partial charge in [0.2, 0.25) is 5.82 Å². The Morgan fingerprint density at radius 2 is 2.14 bits per heavy atom. The van der Waals surface area contributed by atoms with E-state index < -0.39 is 16.2 Å². The average molecular weight is 322 g/mol. The van der Waals surface area contributed by atoms with Crippen LogP contribution in [0.2, 0.25) is 0 Å². The highest BCUT2D eigenvalue weighted by Gasteiger charge is 2.23. The lowest BCUT2D eigenvalue weighted by Crippen LogP contribution is -2.22. The Morgan fingerprint density at radius 1 is 1.41 bits per heavy atom. The number of nitrogens with one attached hydrogen (secondary N) is 1. The molecule has 0 fully saturated rings. The summed E-state index contributed by atoms with van der Waals surface area (Å²) in [4.78, 5) is 26.9. The number of fused-ring (bicyclic) bond motifs is 1. The molecule has 118 valence electrons. The topological polar surface area (TPSA) is 89.5 Å². The van der Waals surface area contributed by atoms with E-state index in [1.807, 2.05) is 0 Å². The molecule has 2 aromatic heterocycles. The summed E-state index contributed by atoms with van der Waals surface area (Å²) in [6.07, 6.45) is 1.47. The lowest BCUT2D eigenvalue weighted by Gasteiger charge is -2.17. The fourth-order valence-electron chi connectivity index (χ4n) is 1.89. The van der Waals surface area contributed by atoms with Crippen LogP contribution in [-0.2, 0) is 0 Å². The summed E-state index contributed by atoms with van der Waals surface area (Å²) in [5, 5.41) is 14.1. The van der Waals surface area contributed by atoms with Crippen molar-refractivity contribution in [2.75, 3.05) is 17.6 Å². The van der Waals surface area contributed by atoms with E-state index in [1.54, 1.807) is 30.0 Å². The molecule has 0 radical (unpaired) electrons. The first-order valence-corrected chi connectivity index (χ1v) is 7.82. The van der Waals surface area contributed by atoms with Gasteiger partial charge < -0.3 is 5.32 Å². The molecule has 0 aromatic carbocycles. The zero-order valence-corrected chi connectivity index (χ0v) is 13.5. The smallest absolute Gasteiger partial charge is 0.363 e. The van der Waals surface area contributed by atoms with E-state index in [2.05, 4.69) is 31.1 Å². The largest absolute Gasteiger partial charge is 0.376 e. The minimum Gasteiger partial charge on any atom is -0.363 e. The molecule has 2 rings (SSSR count). The van der Waals surface area contributed by atoms with Crippen molar-refractivity contribution in [3.63, 3.8) is 0 Å². The molecule has 7 nitrogen and oxygen atoms in total. The quantitative estimate of drug-likeness (QED) is 0.517. The third-order valence-corrected chi connectivity index (χ3v) is 4.10. The van der Waals surface area contributed by atoms with Crippen molar-refractivity contribution >= 4 is 28.9 Å². The molecular weight excluding hydrogens is 304 g/mol. The maximum absolute atomic E-state index is 12.2. The van der Waals surface area contributed by atoms with Crippen molar-refractivity contribution in [1.82, 2.24) is 9.38 Å². The molecular formula is C14H18N4O3S. The highest BCUT2D eigenvalue weighted by atomic mass is 32.2. The number of thioether (sulfide) groups is 1. The van der Waals surface area contributed by atoms with E-state index in [1.165, 1.54) is 10.6 Å². The lowest BCUT2D eigenvalue weighted by molar-refractivity contribution is -0.385. The maximum Gasteiger partial charge on any atom is 0.376 e. The Morgan fingerprint density at radius 3 is 2.77 bits per heavy atom. The van der Waals surface area contributed by atoms with Crippen molar-refractivity contribution in [1.29, 1.82) is 0 Å². The molecule has 0 atom stereocenters. The average Bonchev–Trinajstić information content (AvgIpc) is 2.42. The molecule has 1 N–H and O–H groups in total. The zero-order valence-electron chi connectivity index (χ0n) is 12.7. The molecule has 0 saturated carbocycles. The number of rotatable bonds is 5. The molecule has 0 aliphatic rings. The second-order valence-electron chi connectivity index (χ2n) is 5.69. The molecule has 0 aliphatic heterocycles. The van der Waals surface area contributed by atoms with Crippen LogP contribution < -0.4 is 10.9 Å². The lowest BCUT2D eigenvalue weighted by atomic mass is 10.3. The number of nitrogens with zero attached hydrogens (tertiary/aromatic N) is 3. The van der Waals surface area contributed by atoms with Crippen LogP contribution in [0.4, 0.5) is 11.5 Å². The van der Waals surface area contributed by atoms with Crippen LogP contribution in [0.1, 0.15) is 20.8 Å². The molecule has 0 unspecified atom stereocenters. The van der Waals surface area contributed by atoms with Gasteiger partial charge in [-0.3, -0.25) is 19.3 Å². The van der Waals surface area contributed by atoms with E-state index in [9.17, 15) is 14.9 Å². The van der Waals surface area contributed by atoms with Gasteiger partial charge in [0.05, 0.1) is 4.92 Å². The highest BCUT2D eigenvalue weighted by Crippen LogP contribution is 2.23. The van der Waals surface area contributed by atoms with Crippen LogP contribution in [0.5, 0.6) is 0 Å². The third-order valence-electron chi connectivity index (χ3n) is 2.82. The second kappa shape index (κ2) is 6.35. The van der Waals surface area contributed by atoms with Crippen molar-refractivity contribution in [3.05, 3.63) is 44.9 Å². The van der Waals surface area contributed by atoms with Crippen molar-refractivity contribution in [2.45, 2.75) is 25.5 Å². The van der Waals surface area contributed by atoms with E-state index in [-0.39, 0.29) is 10.6 Å². The molecule has 0 bridgehead atoms. The van der Waals surface area contributed by atoms with E-state index >= 15 is 0 Å². The summed E-state index contributed by atoms with van der Waals surface area (Å²) in [5.74, 6) is 0.784. The third kappa shape index (κ3) is 3.76. The van der Waals surface area contributed by atoms with Gasteiger partial charge in [0.1, 0.15) is 5.65 Å². The van der Waals surface area contributed by atoms with E-state index in [4.69, 9.17) is 0 Å². The predicted octanol–water partition coefficient (Wildman–Crippen LogP) is 2.55. The summed E-state index contributed by atoms with van der Waals surface area (Å²) < 4.78 is 1.29. The Kier molecular flexibility index (Phi) is 4.70. The summed E-state index contributed by atoms with van der Waals surface area (Å²) in [7, 11) is 0. The van der Waals surface area contributed by atoms with Crippen molar-refractivity contribution < 1.29 is 4.92 Å². The van der Waals surface area contributed by atoms with Gasteiger partial charge in [0.15, 0.2) is 0 Å². The van der Waals surface area contributed by atoms with Crippen LogP contribution in [-0.4, -0.2) is 31.4 Å². The molecule has 0 saturated heterocycles. The number of pyridine rings is 1. The molecule has 0 aliphatic carbocycles. The van der Waals surface area contributed by atoms with Gasteiger partial charge in [0.25, 0.3) is 0 Å². The Labute approximate surface area is 131 Å². The Bertz CT molecular complexity index is 752. The summed E-state index contributed by atoms with van der Waals surface area (Å²) in [6.45, 7) is 6.79. The number of hydrogen-bond acceptors (Lipinski definition) is 6. The molecule has 8 heteroatoms. The Hall–Kier alpha value is -2.09.